The molecule has 2 aliphatic heterocycles. The second kappa shape index (κ2) is 6.99. The van der Waals surface area contributed by atoms with Gasteiger partial charge in [-0.2, -0.15) is 0 Å². The highest BCUT2D eigenvalue weighted by molar-refractivity contribution is 5.74. The van der Waals surface area contributed by atoms with Crippen molar-refractivity contribution in [2.75, 3.05) is 26.2 Å². The molecule has 0 aromatic heterocycles. The molecular formula is C21H31N3O. The Morgan fingerprint density at radius 3 is 2.64 bits per heavy atom. The highest BCUT2D eigenvalue weighted by Crippen LogP contribution is 2.51. The second-order valence-corrected chi connectivity index (χ2v) is 8.45. The topological polar surface area (TPSA) is 35.6 Å². The Hall–Kier alpha value is -1.55. The number of nitrogens with one attached hydrogen (secondary N) is 1. The average molecular weight is 341 g/mol. The van der Waals surface area contributed by atoms with Crippen molar-refractivity contribution < 1.29 is 4.79 Å². The zero-order valence-corrected chi connectivity index (χ0v) is 15.5. The molecule has 1 aromatic rings. The standard InChI is InChI=1S/C21H31N3O/c1-17-5-2-3-6-18(17)15-23-13-7-19(8-14-23)22-20(25)24-12-4-9-21(16-24)10-11-21/h2-3,5-6,19H,4,7-16H2,1H3,(H,22,25). The minimum atomic E-state index is 0.184. The van der Waals surface area contributed by atoms with Crippen LogP contribution in [0, 0.1) is 12.3 Å². The number of amides is 2. The van der Waals surface area contributed by atoms with E-state index in [4.69, 9.17) is 0 Å². The van der Waals surface area contributed by atoms with E-state index >= 15 is 0 Å². The summed E-state index contributed by atoms with van der Waals surface area (Å²) in [6, 6.07) is 9.18. The van der Waals surface area contributed by atoms with Gasteiger partial charge >= 0.3 is 6.03 Å². The number of carbonyl (C=O) groups excluding carboxylic acids is 1. The van der Waals surface area contributed by atoms with Gasteiger partial charge in [0.05, 0.1) is 0 Å². The first-order valence-corrected chi connectivity index (χ1v) is 9.96. The maximum atomic E-state index is 12.6. The number of urea groups is 1. The largest absolute Gasteiger partial charge is 0.335 e. The van der Waals surface area contributed by atoms with Gasteiger partial charge in [0.1, 0.15) is 0 Å². The summed E-state index contributed by atoms with van der Waals surface area (Å²) in [6.07, 6.45) is 7.30. The summed E-state index contributed by atoms with van der Waals surface area (Å²) in [6.45, 7) is 7.30. The van der Waals surface area contributed by atoms with Crippen LogP contribution in [0.25, 0.3) is 0 Å². The molecule has 2 heterocycles. The average Bonchev–Trinajstić information content (AvgIpc) is 3.37. The van der Waals surface area contributed by atoms with Crippen molar-refractivity contribution in [1.82, 2.24) is 15.1 Å². The molecule has 2 amide bonds. The molecule has 3 aliphatic rings. The molecule has 1 spiro atoms. The van der Waals surface area contributed by atoms with E-state index in [0.29, 0.717) is 11.5 Å². The summed E-state index contributed by atoms with van der Waals surface area (Å²) in [5, 5.41) is 3.31. The third-order valence-corrected chi connectivity index (χ3v) is 6.48. The van der Waals surface area contributed by atoms with E-state index in [1.807, 2.05) is 0 Å². The van der Waals surface area contributed by atoms with Gasteiger partial charge in [-0.15, -0.1) is 0 Å². The molecule has 2 saturated heterocycles. The molecule has 0 radical (unpaired) electrons. The molecule has 4 nitrogen and oxygen atoms in total. The molecule has 0 unspecified atom stereocenters. The molecule has 25 heavy (non-hydrogen) atoms. The number of hydrogen-bond acceptors (Lipinski definition) is 2. The van der Waals surface area contributed by atoms with Crippen molar-refractivity contribution in [3.63, 3.8) is 0 Å². The number of rotatable bonds is 3. The fraction of sp³-hybridized carbons (Fsp3) is 0.667. The van der Waals surface area contributed by atoms with Gasteiger partial charge in [0.25, 0.3) is 0 Å². The molecule has 136 valence electrons. The first kappa shape index (κ1) is 16.9. The molecule has 1 saturated carbocycles. The van der Waals surface area contributed by atoms with Crippen LogP contribution in [0.1, 0.15) is 49.7 Å². The Bertz CT molecular complexity index is 617. The van der Waals surface area contributed by atoms with Crippen LogP contribution in [0.15, 0.2) is 24.3 Å². The summed E-state index contributed by atoms with van der Waals surface area (Å²) in [4.78, 5) is 17.2. The van der Waals surface area contributed by atoms with Crippen LogP contribution in [0.4, 0.5) is 4.79 Å². The van der Waals surface area contributed by atoms with Crippen LogP contribution < -0.4 is 5.32 Å². The summed E-state index contributed by atoms with van der Waals surface area (Å²) < 4.78 is 0. The normalized spacial score (nSPS) is 23.6. The number of carbonyl (C=O) groups is 1. The third kappa shape index (κ3) is 4.00. The smallest absolute Gasteiger partial charge is 0.317 e. The molecule has 1 aromatic carbocycles. The monoisotopic (exact) mass is 341 g/mol. The van der Waals surface area contributed by atoms with Gasteiger partial charge in [-0.3, -0.25) is 4.90 Å². The van der Waals surface area contributed by atoms with Crippen molar-refractivity contribution in [3.05, 3.63) is 35.4 Å². The van der Waals surface area contributed by atoms with E-state index in [0.717, 1.165) is 45.6 Å². The fourth-order valence-corrected chi connectivity index (χ4v) is 4.50. The van der Waals surface area contributed by atoms with Gasteiger partial charge in [0, 0.05) is 38.8 Å². The van der Waals surface area contributed by atoms with Gasteiger partial charge in [0.15, 0.2) is 0 Å². The Labute approximate surface area is 151 Å². The lowest BCUT2D eigenvalue weighted by atomic mass is 9.95. The number of aryl methyl sites for hydroxylation is 1. The minimum Gasteiger partial charge on any atom is -0.335 e. The van der Waals surface area contributed by atoms with E-state index in [1.54, 1.807) is 0 Å². The lowest BCUT2D eigenvalue weighted by Gasteiger charge is -2.36. The molecule has 0 atom stereocenters. The van der Waals surface area contributed by atoms with Crippen LogP contribution in [-0.4, -0.2) is 48.1 Å². The van der Waals surface area contributed by atoms with Crippen LogP contribution in [0.2, 0.25) is 0 Å². The van der Waals surface area contributed by atoms with Crippen molar-refractivity contribution >= 4 is 6.03 Å². The number of piperidine rings is 2. The van der Waals surface area contributed by atoms with Gasteiger partial charge in [0.2, 0.25) is 0 Å². The predicted molar refractivity (Wildman–Crippen MR) is 100 cm³/mol. The Kier molecular flexibility index (Phi) is 4.72. The van der Waals surface area contributed by atoms with Crippen molar-refractivity contribution in [3.8, 4) is 0 Å². The molecule has 3 fully saturated rings. The SMILES string of the molecule is Cc1ccccc1CN1CCC(NC(=O)N2CCCC3(CC3)C2)CC1. The van der Waals surface area contributed by atoms with Crippen molar-refractivity contribution in [2.24, 2.45) is 5.41 Å². The van der Waals surface area contributed by atoms with E-state index in [9.17, 15) is 4.79 Å². The van der Waals surface area contributed by atoms with Gasteiger partial charge in [-0.05, 0) is 62.0 Å². The molecule has 4 rings (SSSR count). The Balaban J connectivity index is 1.23. The van der Waals surface area contributed by atoms with Gasteiger partial charge in [-0.1, -0.05) is 24.3 Å². The molecule has 1 N–H and O–H groups in total. The lowest BCUT2D eigenvalue weighted by Crippen LogP contribution is -2.51. The Morgan fingerprint density at radius 1 is 1.16 bits per heavy atom. The Morgan fingerprint density at radius 2 is 1.92 bits per heavy atom. The number of likely N-dealkylation sites (tertiary alicyclic amines) is 2. The molecule has 4 heteroatoms. The highest BCUT2D eigenvalue weighted by atomic mass is 16.2. The van der Waals surface area contributed by atoms with Gasteiger partial charge < -0.3 is 10.2 Å². The van der Waals surface area contributed by atoms with Crippen LogP contribution in [0.3, 0.4) is 0 Å². The van der Waals surface area contributed by atoms with E-state index < -0.39 is 0 Å². The molecular weight excluding hydrogens is 310 g/mol. The second-order valence-electron chi connectivity index (χ2n) is 8.45. The van der Waals surface area contributed by atoms with Crippen molar-refractivity contribution in [2.45, 2.75) is 58.0 Å². The van der Waals surface area contributed by atoms with E-state index in [1.165, 1.54) is 36.8 Å². The minimum absolute atomic E-state index is 0.184. The quantitative estimate of drug-likeness (QED) is 0.913. The van der Waals surface area contributed by atoms with Crippen LogP contribution in [-0.2, 0) is 6.54 Å². The number of nitrogens with zero attached hydrogens (tertiary/aromatic N) is 2. The molecule has 1 aliphatic carbocycles. The zero-order valence-electron chi connectivity index (χ0n) is 15.5. The zero-order chi connectivity index (χ0) is 17.3. The number of hydrogen-bond donors (Lipinski definition) is 1. The first-order chi connectivity index (χ1) is 12.1. The predicted octanol–water partition coefficient (Wildman–Crippen LogP) is 3.55. The number of benzene rings is 1. The maximum absolute atomic E-state index is 12.6. The molecule has 0 bridgehead atoms. The highest BCUT2D eigenvalue weighted by Gasteiger charge is 2.46. The summed E-state index contributed by atoms with van der Waals surface area (Å²) in [5.41, 5.74) is 3.30. The summed E-state index contributed by atoms with van der Waals surface area (Å²) in [5.74, 6) is 0. The van der Waals surface area contributed by atoms with E-state index in [-0.39, 0.29) is 6.03 Å². The third-order valence-electron chi connectivity index (χ3n) is 6.48. The lowest BCUT2D eigenvalue weighted by molar-refractivity contribution is 0.144. The summed E-state index contributed by atoms with van der Waals surface area (Å²) >= 11 is 0. The first-order valence-electron chi connectivity index (χ1n) is 9.96. The fourth-order valence-electron chi connectivity index (χ4n) is 4.50. The maximum Gasteiger partial charge on any atom is 0.317 e. The van der Waals surface area contributed by atoms with Crippen molar-refractivity contribution in [1.29, 1.82) is 0 Å². The van der Waals surface area contributed by atoms with Crippen LogP contribution >= 0.6 is 0 Å². The summed E-state index contributed by atoms with van der Waals surface area (Å²) in [7, 11) is 0. The van der Waals surface area contributed by atoms with Gasteiger partial charge in [-0.25, -0.2) is 4.79 Å². The van der Waals surface area contributed by atoms with E-state index in [2.05, 4.69) is 46.3 Å². The van der Waals surface area contributed by atoms with Crippen LogP contribution in [0.5, 0.6) is 0 Å².